The summed E-state index contributed by atoms with van der Waals surface area (Å²) in [5, 5.41) is 5.69. The van der Waals surface area contributed by atoms with Gasteiger partial charge < -0.3 is 4.74 Å². The van der Waals surface area contributed by atoms with E-state index >= 15 is 0 Å². The van der Waals surface area contributed by atoms with Gasteiger partial charge in [-0.15, -0.1) is 0 Å². The van der Waals surface area contributed by atoms with Crippen LogP contribution in [0, 0.1) is 11.8 Å². The van der Waals surface area contributed by atoms with Crippen molar-refractivity contribution in [1.29, 1.82) is 0 Å². The van der Waals surface area contributed by atoms with Gasteiger partial charge in [-0.05, 0) is 68.0 Å². The number of aromatic nitrogens is 2. The number of aryl methyl sites for hydroxylation is 1. The van der Waals surface area contributed by atoms with Crippen molar-refractivity contribution in [1.82, 2.24) is 23.9 Å². The molecule has 0 unspecified atom stereocenters. The molecule has 1 saturated heterocycles. The normalized spacial score (nSPS) is 21.2. The number of morpholine rings is 1. The highest BCUT2D eigenvalue weighted by Crippen LogP contribution is 2.34. The first kappa shape index (κ1) is 30.9. The van der Waals surface area contributed by atoms with E-state index in [-0.39, 0.29) is 0 Å². The van der Waals surface area contributed by atoms with Crippen LogP contribution in [0.5, 0.6) is 0 Å². The van der Waals surface area contributed by atoms with Crippen LogP contribution in [-0.2, 0) is 47.2 Å². The van der Waals surface area contributed by atoms with Gasteiger partial charge in [0.1, 0.15) is 0 Å². The largest absolute Gasteiger partial charge is 0.379 e. The van der Waals surface area contributed by atoms with Gasteiger partial charge in [-0.25, -0.2) is 8.42 Å². The standard InChI is InChI=1S/C35H42ClN5O3S/c1-25-24-44-19-18-38(25)14-3-15-41-34-13-17-40(45(2,42)43)23-32(34)35(37-41)29-8-11-33(36)28(21-29)6-4-26-5-7-30-22-39(31-9-10-31)16-12-27(30)20-26/h5,7-8,11,20-21,25,31H,3,9-10,12-19,22-24H2,1-2H3/t25-/m0/s1. The number of fused-ring (bicyclic) bond motifs is 2. The van der Waals surface area contributed by atoms with E-state index in [0.717, 1.165) is 98.5 Å². The maximum absolute atomic E-state index is 12.5. The SMILES string of the molecule is C[C@H]1COCCN1CCCn1nc(-c2ccc(Cl)c(C#Cc3ccc4c(c3)CCN(C3CC3)C4)c2)c2c1CCN(S(C)(=O)=O)C2. The quantitative estimate of drug-likeness (QED) is 0.351. The number of nitrogens with zero attached hydrogens (tertiary/aromatic N) is 5. The summed E-state index contributed by atoms with van der Waals surface area (Å²) in [6.07, 6.45) is 6.63. The van der Waals surface area contributed by atoms with Crippen molar-refractivity contribution in [3.63, 3.8) is 0 Å². The molecule has 1 aromatic heterocycles. The molecule has 3 aromatic rings. The Morgan fingerprint density at radius 3 is 2.67 bits per heavy atom. The molecule has 0 spiro atoms. The average molecular weight is 648 g/mol. The first-order valence-corrected chi connectivity index (χ1v) is 18.5. The van der Waals surface area contributed by atoms with Crippen molar-refractivity contribution in [2.75, 3.05) is 45.6 Å². The van der Waals surface area contributed by atoms with Crippen LogP contribution >= 0.6 is 11.6 Å². The number of halogens is 1. The Morgan fingerprint density at radius 1 is 1.00 bits per heavy atom. The molecule has 0 bridgehead atoms. The number of ether oxygens (including phenoxy) is 1. The van der Waals surface area contributed by atoms with Gasteiger partial charge in [-0.2, -0.15) is 9.40 Å². The van der Waals surface area contributed by atoms with Gasteiger partial charge in [-0.1, -0.05) is 35.6 Å². The third-order valence-electron chi connectivity index (χ3n) is 9.78. The van der Waals surface area contributed by atoms with E-state index in [9.17, 15) is 8.42 Å². The van der Waals surface area contributed by atoms with Crippen molar-refractivity contribution >= 4 is 21.6 Å². The Morgan fingerprint density at radius 2 is 1.87 bits per heavy atom. The van der Waals surface area contributed by atoms with E-state index in [4.69, 9.17) is 21.4 Å². The highest BCUT2D eigenvalue weighted by Gasteiger charge is 2.32. The molecule has 0 amide bonds. The summed E-state index contributed by atoms with van der Waals surface area (Å²) in [6, 6.07) is 13.6. The second-order valence-corrected chi connectivity index (χ2v) is 15.4. The van der Waals surface area contributed by atoms with Crippen LogP contribution in [0.4, 0.5) is 0 Å². The van der Waals surface area contributed by atoms with E-state index in [2.05, 4.69) is 51.4 Å². The van der Waals surface area contributed by atoms with Gasteiger partial charge >= 0.3 is 0 Å². The molecule has 1 atom stereocenters. The minimum atomic E-state index is -3.33. The summed E-state index contributed by atoms with van der Waals surface area (Å²) in [6.45, 7) is 9.43. The lowest BCUT2D eigenvalue weighted by atomic mass is 9.97. The number of rotatable bonds is 7. The van der Waals surface area contributed by atoms with Crippen molar-refractivity contribution < 1.29 is 13.2 Å². The second kappa shape index (κ2) is 12.8. The first-order valence-electron chi connectivity index (χ1n) is 16.3. The van der Waals surface area contributed by atoms with Gasteiger partial charge in [0.25, 0.3) is 0 Å². The minimum Gasteiger partial charge on any atom is -0.379 e. The molecular weight excluding hydrogens is 606 g/mol. The predicted octanol–water partition coefficient (Wildman–Crippen LogP) is 4.55. The maximum atomic E-state index is 12.5. The zero-order valence-corrected chi connectivity index (χ0v) is 27.8. The Balaban J connectivity index is 1.14. The van der Waals surface area contributed by atoms with Crippen LogP contribution in [0.2, 0.25) is 5.02 Å². The Bertz CT molecular complexity index is 1760. The van der Waals surface area contributed by atoms with Crippen LogP contribution in [0.25, 0.3) is 11.3 Å². The molecule has 238 valence electrons. The molecular formula is C35H42ClN5O3S. The molecule has 1 saturated carbocycles. The summed E-state index contributed by atoms with van der Waals surface area (Å²) >= 11 is 6.67. The fourth-order valence-corrected chi connectivity index (χ4v) is 7.95. The smallest absolute Gasteiger partial charge is 0.211 e. The fourth-order valence-electron chi connectivity index (χ4n) is 7.00. The summed E-state index contributed by atoms with van der Waals surface area (Å²) in [5.41, 5.74) is 8.37. The molecule has 8 nitrogen and oxygen atoms in total. The van der Waals surface area contributed by atoms with E-state index in [1.165, 1.54) is 30.2 Å². The Hall–Kier alpha value is -2.71. The molecule has 3 aliphatic heterocycles. The van der Waals surface area contributed by atoms with E-state index in [1.54, 1.807) is 4.31 Å². The maximum Gasteiger partial charge on any atom is 0.211 e. The van der Waals surface area contributed by atoms with Crippen LogP contribution in [-0.4, -0.2) is 90.0 Å². The van der Waals surface area contributed by atoms with E-state index in [0.29, 0.717) is 30.6 Å². The Kier molecular flexibility index (Phi) is 8.81. The van der Waals surface area contributed by atoms with Gasteiger partial charge in [0, 0.05) is 92.3 Å². The molecule has 10 heteroatoms. The van der Waals surface area contributed by atoms with Crippen molar-refractivity contribution in [3.8, 4) is 23.1 Å². The van der Waals surface area contributed by atoms with Crippen LogP contribution < -0.4 is 0 Å². The molecule has 7 rings (SSSR count). The summed E-state index contributed by atoms with van der Waals surface area (Å²) in [7, 11) is -3.33. The van der Waals surface area contributed by atoms with Gasteiger partial charge in [0.2, 0.25) is 10.0 Å². The number of benzene rings is 2. The Labute approximate surface area is 272 Å². The molecule has 2 fully saturated rings. The average Bonchev–Trinajstić information content (AvgIpc) is 3.82. The molecule has 2 aromatic carbocycles. The van der Waals surface area contributed by atoms with Crippen molar-refractivity contribution in [3.05, 3.63) is 74.9 Å². The molecule has 0 N–H and O–H groups in total. The van der Waals surface area contributed by atoms with E-state index in [1.807, 2.05) is 18.2 Å². The molecule has 4 aliphatic rings. The van der Waals surface area contributed by atoms with Crippen LogP contribution in [0.1, 0.15) is 59.7 Å². The summed E-state index contributed by atoms with van der Waals surface area (Å²) in [5.74, 6) is 6.69. The zero-order chi connectivity index (χ0) is 31.1. The van der Waals surface area contributed by atoms with Gasteiger partial charge in [0.05, 0.1) is 30.2 Å². The first-order chi connectivity index (χ1) is 21.7. The second-order valence-electron chi connectivity index (χ2n) is 13.0. The highest BCUT2D eigenvalue weighted by atomic mass is 35.5. The molecule has 45 heavy (non-hydrogen) atoms. The third-order valence-corrected chi connectivity index (χ3v) is 11.4. The van der Waals surface area contributed by atoms with Crippen LogP contribution in [0.3, 0.4) is 0 Å². The topological polar surface area (TPSA) is 70.9 Å². The van der Waals surface area contributed by atoms with E-state index < -0.39 is 10.0 Å². The van der Waals surface area contributed by atoms with Crippen molar-refractivity contribution in [2.24, 2.45) is 0 Å². The predicted molar refractivity (Wildman–Crippen MR) is 178 cm³/mol. The lowest BCUT2D eigenvalue weighted by molar-refractivity contribution is -0.00122. The molecule has 0 radical (unpaired) electrons. The minimum absolute atomic E-state index is 0.320. The van der Waals surface area contributed by atoms with Crippen molar-refractivity contribution in [2.45, 2.75) is 70.7 Å². The third kappa shape index (κ3) is 6.87. The summed E-state index contributed by atoms with van der Waals surface area (Å²) < 4.78 is 34.3. The van der Waals surface area contributed by atoms with Gasteiger partial charge in [-0.3, -0.25) is 14.5 Å². The molecule has 4 heterocycles. The number of sulfonamides is 1. The lowest BCUT2D eigenvalue weighted by Gasteiger charge is -2.33. The summed E-state index contributed by atoms with van der Waals surface area (Å²) in [4.78, 5) is 5.08. The number of hydrogen-bond acceptors (Lipinski definition) is 6. The van der Waals surface area contributed by atoms with Crippen LogP contribution in [0.15, 0.2) is 36.4 Å². The fraction of sp³-hybridized carbons (Fsp3) is 0.514. The number of hydrogen-bond donors (Lipinski definition) is 0. The van der Waals surface area contributed by atoms with Gasteiger partial charge in [0.15, 0.2) is 0 Å². The molecule has 1 aliphatic carbocycles. The highest BCUT2D eigenvalue weighted by molar-refractivity contribution is 7.88. The monoisotopic (exact) mass is 647 g/mol. The lowest BCUT2D eigenvalue weighted by Crippen LogP contribution is -2.44. The zero-order valence-electron chi connectivity index (χ0n) is 26.3.